The highest BCUT2D eigenvalue weighted by molar-refractivity contribution is 6.01. The second kappa shape index (κ2) is 9.00. The minimum atomic E-state index is -0.459. The third kappa shape index (κ3) is 4.54. The van der Waals surface area contributed by atoms with Crippen molar-refractivity contribution in [3.8, 4) is 0 Å². The largest absolute Gasteiger partial charge is 0.397 e. The van der Waals surface area contributed by atoms with Crippen LogP contribution in [0.3, 0.4) is 0 Å². The van der Waals surface area contributed by atoms with Crippen LogP contribution >= 0.6 is 0 Å². The molecule has 0 aliphatic carbocycles. The molecule has 29 heavy (non-hydrogen) atoms. The van der Waals surface area contributed by atoms with E-state index in [9.17, 15) is 4.39 Å². The van der Waals surface area contributed by atoms with Crippen molar-refractivity contribution in [1.29, 1.82) is 0 Å². The number of amidine groups is 1. The molecule has 3 aromatic heterocycles. The Morgan fingerprint density at radius 3 is 2.66 bits per heavy atom. The summed E-state index contributed by atoms with van der Waals surface area (Å²) < 4.78 is 15.8. The molecule has 0 aromatic carbocycles. The number of aliphatic imine (C=N–C) groups is 1. The lowest BCUT2D eigenvalue weighted by molar-refractivity contribution is 0.460. The van der Waals surface area contributed by atoms with Gasteiger partial charge in [-0.2, -0.15) is 0 Å². The lowest BCUT2D eigenvalue weighted by atomic mass is 9.91. The number of hydrogen-bond acceptors (Lipinski definition) is 5. The Bertz CT molecular complexity index is 1020. The van der Waals surface area contributed by atoms with Crippen LogP contribution in [0, 0.1) is 12.7 Å². The molecule has 3 aromatic rings. The second-order valence-electron chi connectivity index (χ2n) is 6.89. The third-order valence-corrected chi connectivity index (χ3v) is 4.85. The van der Waals surface area contributed by atoms with Gasteiger partial charge in [0.2, 0.25) is 0 Å². The van der Waals surface area contributed by atoms with Crippen molar-refractivity contribution in [1.82, 2.24) is 19.7 Å². The molecule has 154 valence electrons. The van der Waals surface area contributed by atoms with E-state index >= 15 is 0 Å². The SMILES string of the molecule is CC.Cc1cn2cc(N=C(N)c3ncc(C4CCNCC4)cc3N)cc(F)c2n1. The molecule has 7 nitrogen and oxygen atoms in total. The van der Waals surface area contributed by atoms with Gasteiger partial charge in [-0.25, -0.2) is 14.4 Å². The number of nitrogens with one attached hydrogen (secondary N) is 1. The minimum absolute atomic E-state index is 0.153. The molecule has 5 N–H and O–H groups in total. The van der Waals surface area contributed by atoms with Gasteiger partial charge < -0.3 is 21.2 Å². The monoisotopic (exact) mass is 397 g/mol. The Morgan fingerprint density at radius 2 is 1.97 bits per heavy atom. The molecule has 0 bridgehead atoms. The number of aryl methyl sites for hydroxylation is 1. The van der Waals surface area contributed by atoms with Crippen molar-refractivity contribution in [2.45, 2.75) is 39.5 Å². The van der Waals surface area contributed by atoms with Crippen molar-refractivity contribution in [3.05, 3.63) is 53.5 Å². The van der Waals surface area contributed by atoms with Crippen LogP contribution in [-0.2, 0) is 0 Å². The standard InChI is InChI=1S/C19H22FN7.C2H6/c1-11-9-27-10-14(7-15(20)19(27)25-11)26-18(22)17-16(21)6-13(8-24-17)12-2-4-23-5-3-12;1-2/h6-10,12,23H,2-5,21H2,1H3,(H2,22,26);1-2H3. The van der Waals surface area contributed by atoms with Crippen LogP contribution < -0.4 is 16.8 Å². The van der Waals surface area contributed by atoms with Crippen molar-refractivity contribution < 1.29 is 4.39 Å². The lowest BCUT2D eigenvalue weighted by Gasteiger charge is -2.23. The van der Waals surface area contributed by atoms with Gasteiger partial charge in [0.25, 0.3) is 0 Å². The number of imidazole rings is 1. The Kier molecular flexibility index (Phi) is 6.43. The lowest BCUT2D eigenvalue weighted by Crippen LogP contribution is -2.27. The molecule has 0 atom stereocenters. The van der Waals surface area contributed by atoms with E-state index in [0.29, 0.717) is 23.0 Å². The van der Waals surface area contributed by atoms with E-state index in [4.69, 9.17) is 11.5 Å². The maximum Gasteiger partial charge on any atom is 0.173 e. The molecule has 0 radical (unpaired) electrons. The zero-order valence-corrected chi connectivity index (χ0v) is 17.1. The van der Waals surface area contributed by atoms with E-state index in [1.807, 2.05) is 26.1 Å². The normalized spacial score (nSPS) is 15.2. The summed E-state index contributed by atoms with van der Waals surface area (Å²) in [6.45, 7) is 7.80. The van der Waals surface area contributed by atoms with Gasteiger partial charge in [-0.3, -0.25) is 4.98 Å². The summed E-state index contributed by atoms with van der Waals surface area (Å²) in [6.07, 6.45) is 7.34. The maximum atomic E-state index is 14.2. The number of nitrogen functional groups attached to an aromatic ring is 1. The molecule has 8 heteroatoms. The fraction of sp³-hybridized carbons (Fsp3) is 0.381. The first-order chi connectivity index (χ1) is 14.0. The van der Waals surface area contributed by atoms with Crippen LogP contribution in [0.2, 0.25) is 0 Å². The van der Waals surface area contributed by atoms with E-state index in [1.54, 1.807) is 23.7 Å². The number of halogens is 1. The molecular formula is C21H28FN7. The summed E-state index contributed by atoms with van der Waals surface area (Å²) in [4.78, 5) is 12.9. The summed E-state index contributed by atoms with van der Waals surface area (Å²) in [7, 11) is 0. The smallest absolute Gasteiger partial charge is 0.173 e. The highest BCUT2D eigenvalue weighted by atomic mass is 19.1. The van der Waals surface area contributed by atoms with Crippen LogP contribution in [-0.4, -0.2) is 33.3 Å². The van der Waals surface area contributed by atoms with Gasteiger partial charge in [0.05, 0.1) is 17.1 Å². The molecule has 1 aliphatic heterocycles. The van der Waals surface area contributed by atoms with E-state index in [1.165, 1.54) is 6.07 Å². The molecule has 0 saturated carbocycles. The average molecular weight is 398 g/mol. The predicted octanol–water partition coefficient (Wildman–Crippen LogP) is 3.29. The fourth-order valence-corrected chi connectivity index (χ4v) is 3.51. The number of pyridine rings is 2. The zero-order valence-electron chi connectivity index (χ0n) is 17.1. The number of nitrogens with zero attached hydrogens (tertiary/aromatic N) is 4. The van der Waals surface area contributed by atoms with Crippen molar-refractivity contribution >= 4 is 22.9 Å². The van der Waals surface area contributed by atoms with Crippen LogP contribution in [0.4, 0.5) is 15.8 Å². The molecule has 1 saturated heterocycles. The summed E-state index contributed by atoms with van der Waals surface area (Å²) in [5.41, 5.74) is 15.6. The van der Waals surface area contributed by atoms with Crippen molar-refractivity contribution in [3.63, 3.8) is 0 Å². The zero-order chi connectivity index (χ0) is 21.0. The number of anilines is 1. The predicted molar refractivity (Wildman–Crippen MR) is 115 cm³/mol. The third-order valence-electron chi connectivity index (χ3n) is 4.85. The molecular weight excluding hydrogens is 369 g/mol. The number of fused-ring (bicyclic) bond motifs is 1. The first-order valence-corrected chi connectivity index (χ1v) is 9.97. The van der Waals surface area contributed by atoms with Gasteiger partial charge >= 0.3 is 0 Å². The van der Waals surface area contributed by atoms with E-state index in [2.05, 4.69) is 20.3 Å². The Morgan fingerprint density at radius 1 is 1.24 bits per heavy atom. The van der Waals surface area contributed by atoms with E-state index < -0.39 is 5.82 Å². The van der Waals surface area contributed by atoms with Gasteiger partial charge in [-0.15, -0.1) is 0 Å². The van der Waals surface area contributed by atoms with E-state index in [0.717, 1.165) is 37.2 Å². The second-order valence-corrected chi connectivity index (χ2v) is 6.89. The average Bonchev–Trinajstić information content (AvgIpc) is 3.11. The number of aromatic nitrogens is 3. The maximum absolute atomic E-state index is 14.2. The number of rotatable bonds is 3. The quantitative estimate of drug-likeness (QED) is 0.464. The summed E-state index contributed by atoms with van der Waals surface area (Å²) in [5.74, 6) is 0.147. The minimum Gasteiger partial charge on any atom is -0.397 e. The van der Waals surface area contributed by atoms with Gasteiger partial charge in [-0.05, 0) is 50.4 Å². The molecule has 1 aliphatic rings. The van der Waals surface area contributed by atoms with Crippen molar-refractivity contribution in [2.75, 3.05) is 18.8 Å². The summed E-state index contributed by atoms with van der Waals surface area (Å²) >= 11 is 0. The Labute approximate surface area is 170 Å². The molecule has 0 spiro atoms. The van der Waals surface area contributed by atoms with Gasteiger partial charge in [-0.1, -0.05) is 13.8 Å². The van der Waals surface area contributed by atoms with Gasteiger partial charge in [0.1, 0.15) is 5.69 Å². The van der Waals surface area contributed by atoms with Crippen LogP contribution in [0.1, 0.15) is 49.6 Å². The van der Waals surface area contributed by atoms with Crippen LogP contribution in [0.5, 0.6) is 0 Å². The van der Waals surface area contributed by atoms with Gasteiger partial charge in [0.15, 0.2) is 17.3 Å². The first kappa shape index (κ1) is 20.7. The molecule has 4 rings (SSSR count). The fourth-order valence-electron chi connectivity index (χ4n) is 3.51. The highest BCUT2D eigenvalue weighted by Crippen LogP contribution is 2.27. The molecule has 0 unspecified atom stereocenters. The molecule has 1 fully saturated rings. The Hall–Kier alpha value is -3.00. The molecule has 4 heterocycles. The summed E-state index contributed by atoms with van der Waals surface area (Å²) in [6, 6.07) is 3.22. The summed E-state index contributed by atoms with van der Waals surface area (Å²) in [5, 5.41) is 3.35. The first-order valence-electron chi connectivity index (χ1n) is 9.97. The topological polar surface area (TPSA) is 107 Å². The number of nitrogens with two attached hydrogens (primary N) is 2. The molecule has 0 amide bonds. The number of hydrogen-bond donors (Lipinski definition) is 3. The highest BCUT2D eigenvalue weighted by Gasteiger charge is 2.17. The van der Waals surface area contributed by atoms with Crippen molar-refractivity contribution in [2.24, 2.45) is 10.7 Å². The van der Waals surface area contributed by atoms with E-state index in [-0.39, 0.29) is 11.5 Å². The van der Waals surface area contributed by atoms with Gasteiger partial charge in [0, 0.05) is 24.7 Å². The van der Waals surface area contributed by atoms with Crippen LogP contribution in [0.25, 0.3) is 5.65 Å². The Balaban J connectivity index is 0.00000117. The number of piperidine rings is 1. The van der Waals surface area contributed by atoms with Crippen LogP contribution in [0.15, 0.2) is 35.7 Å².